The second-order valence-corrected chi connectivity index (χ2v) is 7.95. The molecule has 0 aliphatic carbocycles. The Labute approximate surface area is 181 Å². The van der Waals surface area contributed by atoms with Crippen molar-refractivity contribution in [2.45, 2.75) is 16.9 Å². The van der Waals surface area contributed by atoms with Crippen LogP contribution in [0, 0.1) is 12.7 Å². The van der Waals surface area contributed by atoms with E-state index in [0.29, 0.717) is 10.9 Å². The van der Waals surface area contributed by atoms with Gasteiger partial charge >= 0.3 is 0 Å². The maximum absolute atomic E-state index is 14.2. The Kier molecular flexibility index (Phi) is 5.52. The average molecular weight is 439 g/mol. The van der Waals surface area contributed by atoms with E-state index in [1.54, 1.807) is 18.2 Å². The summed E-state index contributed by atoms with van der Waals surface area (Å²) in [5, 5.41) is 2.85. The van der Waals surface area contributed by atoms with E-state index in [2.05, 4.69) is 5.32 Å². The van der Waals surface area contributed by atoms with Gasteiger partial charge in [0.2, 0.25) is 0 Å². The number of carbonyl (C=O) groups excluding carboxylic acids is 2. The van der Waals surface area contributed by atoms with Gasteiger partial charge in [-0.25, -0.2) is 9.29 Å². The lowest BCUT2D eigenvalue weighted by Gasteiger charge is -2.28. The number of furan rings is 1. The van der Waals surface area contributed by atoms with Gasteiger partial charge in [-0.3, -0.25) is 14.9 Å². The molecule has 4 rings (SSSR count). The van der Waals surface area contributed by atoms with Gasteiger partial charge < -0.3 is 4.42 Å². The summed E-state index contributed by atoms with van der Waals surface area (Å²) in [7, 11) is 0. The van der Waals surface area contributed by atoms with Crippen molar-refractivity contribution in [2.24, 2.45) is 0 Å². The third kappa shape index (κ3) is 4.05. The number of carbonyl (C=O) groups is 2. The maximum Gasteiger partial charge on any atom is 0.270 e. The van der Waals surface area contributed by atoms with Gasteiger partial charge in [0.1, 0.15) is 17.2 Å². The van der Waals surface area contributed by atoms with E-state index in [0.717, 1.165) is 15.4 Å². The zero-order valence-corrected chi connectivity index (χ0v) is 17.4. The molecule has 0 saturated carbocycles. The lowest BCUT2D eigenvalue weighted by atomic mass is 10.1. The Bertz CT molecular complexity index is 1190. The van der Waals surface area contributed by atoms with Crippen LogP contribution in [0.25, 0.3) is 6.08 Å². The van der Waals surface area contributed by atoms with Crippen LogP contribution in [0.1, 0.15) is 11.3 Å². The molecule has 0 spiro atoms. The third-order valence-corrected chi connectivity index (χ3v) is 5.54. The van der Waals surface area contributed by atoms with Crippen LogP contribution in [0.15, 0.2) is 80.6 Å². The summed E-state index contributed by atoms with van der Waals surface area (Å²) in [5.41, 5.74) is 0.921. The van der Waals surface area contributed by atoms with Crippen LogP contribution >= 0.6 is 24.0 Å². The number of benzene rings is 2. The molecule has 1 fully saturated rings. The Balaban J connectivity index is 1.61. The molecule has 2 amide bonds. The number of para-hydroxylation sites is 1. The van der Waals surface area contributed by atoms with Crippen molar-refractivity contribution >= 4 is 52.7 Å². The van der Waals surface area contributed by atoms with Crippen molar-refractivity contribution in [3.05, 3.63) is 83.4 Å². The second-order valence-electron chi connectivity index (χ2n) is 6.48. The molecule has 0 unspecified atom stereocenters. The molecule has 1 aliphatic rings. The first-order valence-electron chi connectivity index (χ1n) is 8.93. The van der Waals surface area contributed by atoms with Gasteiger partial charge in [-0.05, 0) is 61.6 Å². The molecule has 1 N–H and O–H groups in total. The number of hydrogen-bond acceptors (Lipinski definition) is 5. The predicted octanol–water partition coefficient (Wildman–Crippen LogP) is 4.71. The number of nitrogens with zero attached hydrogens (tertiary/aromatic N) is 1. The highest BCUT2D eigenvalue weighted by Gasteiger charge is 2.35. The van der Waals surface area contributed by atoms with E-state index >= 15 is 0 Å². The summed E-state index contributed by atoms with van der Waals surface area (Å²) >= 11 is 6.50. The van der Waals surface area contributed by atoms with Crippen molar-refractivity contribution in [1.29, 1.82) is 0 Å². The van der Waals surface area contributed by atoms with Gasteiger partial charge in [-0.2, -0.15) is 0 Å². The van der Waals surface area contributed by atoms with Gasteiger partial charge in [-0.15, -0.1) is 0 Å². The first-order valence-corrected chi connectivity index (χ1v) is 10.2. The molecule has 30 heavy (non-hydrogen) atoms. The van der Waals surface area contributed by atoms with Crippen LogP contribution in [-0.2, 0) is 9.59 Å². The van der Waals surface area contributed by atoms with Gasteiger partial charge in [-0.1, -0.05) is 41.6 Å². The number of hydrogen-bond donors (Lipinski definition) is 1. The molecule has 1 aromatic heterocycles. The van der Waals surface area contributed by atoms with Crippen molar-refractivity contribution in [1.82, 2.24) is 5.32 Å². The van der Waals surface area contributed by atoms with Crippen molar-refractivity contribution < 1.29 is 18.4 Å². The number of anilines is 1. The number of rotatable bonds is 4. The lowest BCUT2D eigenvalue weighted by Crippen LogP contribution is -2.54. The van der Waals surface area contributed by atoms with E-state index < -0.39 is 17.6 Å². The molecule has 5 nitrogen and oxygen atoms in total. The predicted molar refractivity (Wildman–Crippen MR) is 117 cm³/mol. The molecule has 0 bridgehead atoms. The molecule has 1 saturated heterocycles. The number of aryl methyl sites for hydroxylation is 1. The number of amides is 2. The molecule has 1 aliphatic heterocycles. The van der Waals surface area contributed by atoms with Crippen LogP contribution in [-0.4, -0.2) is 16.9 Å². The molecule has 3 aromatic rings. The standard InChI is InChI=1S/C22H15FN2O3S2/c1-13-6-9-15(10-7-13)30-19-11-8-14(28-19)12-16-20(26)24-22(29)25(21(16)27)18-5-3-2-4-17(18)23/h2-12H,1H3,(H,24,26,29)/b16-12+. The Morgan fingerprint density at radius 1 is 1.07 bits per heavy atom. The Hall–Kier alpha value is -3.23. The topological polar surface area (TPSA) is 62.6 Å². The number of nitrogens with one attached hydrogen (secondary N) is 1. The zero-order chi connectivity index (χ0) is 21.3. The minimum Gasteiger partial charge on any atom is -0.450 e. The molecular formula is C22H15FN2O3S2. The SMILES string of the molecule is Cc1ccc(Sc2ccc(/C=C3\C(=O)NC(=S)N(c4ccccc4F)C3=O)o2)cc1. The van der Waals surface area contributed by atoms with Gasteiger partial charge in [0.05, 0.1) is 5.69 Å². The van der Waals surface area contributed by atoms with Crippen LogP contribution in [0.2, 0.25) is 0 Å². The molecule has 0 atom stereocenters. The third-order valence-electron chi connectivity index (χ3n) is 4.32. The monoisotopic (exact) mass is 438 g/mol. The summed E-state index contributed by atoms with van der Waals surface area (Å²) in [6.45, 7) is 2.01. The first kappa shape index (κ1) is 20.1. The lowest BCUT2D eigenvalue weighted by molar-refractivity contribution is -0.122. The molecule has 2 heterocycles. The van der Waals surface area contributed by atoms with Gasteiger partial charge in [0.15, 0.2) is 10.2 Å². The summed E-state index contributed by atoms with van der Waals surface area (Å²) < 4.78 is 19.9. The van der Waals surface area contributed by atoms with E-state index in [1.807, 2.05) is 31.2 Å². The highest BCUT2D eigenvalue weighted by Crippen LogP contribution is 2.31. The van der Waals surface area contributed by atoms with E-state index in [9.17, 15) is 14.0 Å². The van der Waals surface area contributed by atoms with Gasteiger partial charge in [0.25, 0.3) is 11.8 Å². The maximum atomic E-state index is 14.2. The van der Waals surface area contributed by atoms with Crippen LogP contribution < -0.4 is 10.2 Å². The summed E-state index contributed by atoms with van der Waals surface area (Å²) in [6, 6.07) is 17.1. The molecular weight excluding hydrogens is 423 g/mol. The first-order chi connectivity index (χ1) is 14.4. The zero-order valence-electron chi connectivity index (χ0n) is 15.7. The normalized spacial score (nSPS) is 15.6. The second kappa shape index (κ2) is 8.25. The quantitative estimate of drug-likeness (QED) is 0.363. The van der Waals surface area contributed by atoms with E-state index in [-0.39, 0.29) is 16.4 Å². The van der Waals surface area contributed by atoms with Crippen molar-refractivity contribution in [2.75, 3.05) is 4.90 Å². The minimum atomic E-state index is -0.724. The fourth-order valence-electron chi connectivity index (χ4n) is 2.84. The molecule has 8 heteroatoms. The molecule has 150 valence electrons. The smallest absolute Gasteiger partial charge is 0.270 e. The van der Waals surface area contributed by atoms with Crippen molar-refractivity contribution in [3.8, 4) is 0 Å². The highest BCUT2D eigenvalue weighted by molar-refractivity contribution is 7.99. The summed E-state index contributed by atoms with van der Waals surface area (Å²) in [4.78, 5) is 27.2. The van der Waals surface area contributed by atoms with Crippen LogP contribution in [0.5, 0.6) is 0 Å². The number of thiocarbonyl (C=S) groups is 1. The van der Waals surface area contributed by atoms with E-state index in [1.165, 1.54) is 36.0 Å². The Morgan fingerprint density at radius 2 is 1.80 bits per heavy atom. The van der Waals surface area contributed by atoms with Crippen molar-refractivity contribution in [3.63, 3.8) is 0 Å². The molecule has 0 radical (unpaired) electrons. The Morgan fingerprint density at radius 3 is 2.53 bits per heavy atom. The van der Waals surface area contributed by atoms with Gasteiger partial charge in [0, 0.05) is 4.90 Å². The molecule has 2 aromatic carbocycles. The highest BCUT2D eigenvalue weighted by atomic mass is 32.2. The fraction of sp³-hybridized carbons (Fsp3) is 0.0455. The van der Waals surface area contributed by atoms with Crippen LogP contribution in [0.3, 0.4) is 0 Å². The number of halogens is 1. The van der Waals surface area contributed by atoms with Crippen LogP contribution in [0.4, 0.5) is 10.1 Å². The summed E-state index contributed by atoms with van der Waals surface area (Å²) in [5.74, 6) is -1.69. The minimum absolute atomic E-state index is 0.0338. The van der Waals surface area contributed by atoms with E-state index in [4.69, 9.17) is 16.6 Å². The fourth-order valence-corrected chi connectivity index (χ4v) is 3.89. The largest absolute Gasteiger partial charge is 0.450 e. The summed E-state index contributed by atoms with van der Waals surface area (Å²) in [6.07, 6.45) is 1.33. The average Bonchev–Trinajstić information content (AvgIpc) is 3.15.